The van der Waals surface area contributed by atoms with E-state index in [1.54, 1.807) is 11.3 Å². The Morgan fingerprint density at radius 1 is 0.306 bits per heavy atom. The van der Waals surface area contributed by atoms with Gasteiger partial charge >= 0.3 is 0 Å². The average Bonchev–Trinajstić information content (AvgIpc) is 3.58. The summed E-state index contributed by atoms with van der Waals surface area (Å²) in [5, 5.41) is 2.48. The Balaban J connectivity index is 1.13. The van der Waals surface area contributed by atoms with Crippen molar-refractivity contribution in [1.29, 1.82) is 0 Å². The third-order valence-electron chi connectivity index (χ3n) is 8.97. The SMILES string of the molecule is c1ccc(-c2cccc(-c3ccccc3-c3ccc(-c4nc(-c5ccccc5)nc(-c5cccc6c5sc5ccccc56)n4)cc3)c2)cc1. The van der Waals surface area contributed by atoms with Crippen LogP contribution < -0.4 is 0 Å². The molecule has 0 aliphatic carbocycles. The van der Waals surface area contributed by atoms with Crippen LogP contribution in [-0.4, -0.2) is 15.0 Å². The zero-order chi connectivity index (χ0) is 32.6. The van der Waals surface area contributed by atoms with Crippen LogP contribution in [0.4, 0.5) is 0 Å². The number of thiophene rings is 1. The lowest BCUT2D eigenvalue weighted by Crippen LogP contribution is -2.00. The molecule has 9 rings (SSSR count). The van der Waals surface area contributed by atoms with Gasteiger partial charge in [-0.3, -0.25) is 0 Å². The lowest BCUT2D eigenvalue weighted by atomic mass is 9.92. The molecule has 0 saturated carbocycles. The maximum atomic E-state index is 5.11. The molecule has 7 aromatic carbocycles. The van der Waals surface area contributed by atoms with E-state index in [1.165, 1.54) is 48.0 Å². The van der Waals surface area contributed by atoms with Gasteiger partial charge in [0.15, 0.2) is 17.5 Å². The van der Waals surface area contributed by atoms with Crippen LogP contribution in [0.5, 0.6) is 0 Å². The van der Waals surface area contributed by atoms with E-state index in [0.29, 0.717) is 17.5 Å². The van der Waals surface area contributed by atoms with E-state index in [0.717, 1.165) is 22.3 Å². The minimum Gasteiger partial charge on any atom is -0.208 e. The topological polar surface area (TPSA) is 38.7 Å². The summed E-state index contributed by atoms with van der Waals surface area (Å²) in [7, 11) is 0. The average molecular weight is 644 g/mol. The van der Waals surface area contributed by atoms with Gasteiger partial charge in [0.25, 0.3) is 0 Å². The first kappa shape index (κ1) is 29.0. The van der Waals surface area contributed by atoms with Crippen molar-refractivity contribution in [3.8, 4) is 67.5 Å². The van der Waals surface area contributed by atoms with Crippen molar-refractivity contribution in [2.75, 3.05) is 0 Å². The predicted molar refractivity (Wildman–Crippen MR) is 205 cm³/mol. The first-order chi connectivity index (χ1) is 24.3. The highest BCUT2D eigenvalue weighted by molar-refractivity contribution is 7.26. The van der Waals surface area contributed by atoms with E-state index in [1.807, 2.05) is 18.2 Å². The Bertz CT molecular complexity index is 2590. The van der Waals surface area contributed by atoms with Crippen LogP contribution in [0.25, 0.3) is 87.7 Å². The summed E-state index contributed by atoms with van der Waals surface area (Å²) in [4.78, 5) is 15.2. The zero-order valence-electron chi connectivity index (χ0n) is 26.5. The second-order valence-corrected chi connectivity index (χ2v) is 13.1. The molecule has 0 N–H and O–H groups in total. The van der Waals surface area contributed by atoms with Crippen molar-refractivity contribution < 1.29 is 0 Å². The van der Waals surface area contributed by atoms with Gasteiger partial charge in [-0.25, -0.2) is 15.0 Å². The summed E-state index contributed by atoms with van der Waals surface area (Å²) in [6.45, 7) is 0. The largest absolute Gasteiger partial charge is 0.208 e. The van der Waals surface area contributed by atoms with E-state index in [-0.39, 0.29) is 0 Å². The standard InChI is InChI=1S/C45H29N3S/c1-3-13-30(14-4-1)34-17-11-18-35(29-34)37-20-8-7-19-36(37)31-25-27-33(28-26-31)44-46-43(32-15-5-2-6-16-32)47-45(48-44)40-23-12-22-39-38-21-9-10-24-41(38)49-42(39)40/h1-29H. The molecule has 0 bridgehead atoms. The lowest BCUT2D eigenvalue weighted by Gasteiger charge is -2.13. The van der Waals surface area contributed by atoms with Gasteiger partial charge in [0.2, 0.25) is 0 Å². The monoisotopic (exact) mass is 643 g/mol. The van der Waals surface area contributed by atoms with E-state index in [2.05, 4.69) is 158 Å². The van der Waals surface area contributed by atoms with E-state index in [9.17, 15) is 0 Å². The predicted octanol–water partition coefficient (Wildman–Crippen LogP) is 12.2. The van der Waals surface area contributed by atoms with E-state index in [4.69, 9.17) is 15.0 Å². The molecule has 2 aromatic heterocycles. The second-order valence-electron chi connectivity index (χ2n) is 12.0. The van der Waals surface area contributed by atoms with Crippen molar-refractivity contribution in [2.24, 2.45) is 0 Å². The molecule has 4 heteroatoms. The van der Waals surface area contributed by atoms with Crippen LogP contribution in [0, 0.1) is 0 Å². The molecule has 49 heavy (non-hydrogen) atoms. The summed E-state index contributed by atoms with van der Waals surface area (Å²) in [6, 6.07) is 61.6. The lowest BCUT2D eigenvalue weighted by molar-refractivity contribution is 1.08. The van der Waals surface area contributed by atoms with Crippen LogP contribution in [-0.2, 0) is 0 Å². The molecule has 3 nitrogen and oxygen atoms in total. The quantitative estimate of drug-likeness (QED) is 0.181. The molecule has 9 aromatic rings. The van der Waals surface area contributed by atoms with Gasteiger partial charge in [-0.05, 0) is 51.6 Å². The number of nitrogens with zero attached hydrogens (tertiary/aromatic N) is 3. The highest BCUT2D eigenvalue weighted by atomic mass is 32.1. The number of fused-ring (bicyclic) bond motifs is 3. The Labute approximate surface area is 288 Å². The molecule has 0 amide bonds. The molecule has 230 valence electrons. The summed E-state index contributed by atoms with van der Waals surface area (Å²) in [5.74, 6) is 1.98. The highest BCUT2D eigenvalue weighted by Crippen LogP contribution is 2.40. The first-order valence-electron chi connectivity index (χ1n) is 16.4. The molecular formula is C45H29N3S. The summed E-state index contributed by atoms with van der Waals surface area (Å²) in [6.07, 6.45) is 0. The molecule has 0 atom stereocenters. The third-order valence-corrected chi connectivity index (χ3v) is 10.2. The van der Waals surface area contributed by atoms with Gasteiger partial charge in [-0.1, -0.05) is 158 Å². The van der Waals surface area contributed by atoms with Crippen molar-refractivity contribution in [2.45, 2.75) is 0 Å². The summed E-state index contributed by atoms with van der Waals surface area (Å²) >= 11 is 1.78. The van der Waals surface area contributed by atoms with Crippen molar-refractivity contribution in [3.05, 3.63) is 176 Å². The molecule has 0 saturated heterocycles. The number of hydrogen-bond acceptors (Lipinski definition) is 4. The fourth-order valence-electron chi connectivity index (χ4n) is 6.55. The van der Waals surface area contributed by atoms with Crippen LogP contribution in [0.2, 0.25) is 0 Å². The minimum atomic E-state index is 0.650. The zero-order valence-corrected chi connectivity index (χ0v) is 27.3. The van der Waals surface area contributed by atoms with Gasteiger partial charge in [-0.2, -0.15) is 0 Å². The third kappa shape index (κ3) is 5.48. The van der Waals surface area contributed by atoms with Gasteiger partial charge in [0.05, 0.1) is 0 Å². The van der Waals surface area contributed by atoms with Crippen LogP contribution in [0.3, 0.4) is 0 Å². The second kappa shape index (κ2) is 12.4. The molecular weight excluding hydrogens is 615 g/mol. The van der Waals surface area contributed by atoms with Crippen LogP contribution in [0.1, 0.15) is 0 Å². The highest BCUT2D eigenvalue weighted by Gasteiger charge is 2.17. The summed E-state index contributed by atoms with van der Waals surface area (Å²) in [5.41, 5.74) is 10.0. The summed E-state index contributed by atoms with van der Waals surface area (Å²) < 4.78 is 2.44. The van der Waals surface area contributed by atoms with Crippen LogP contribution in [0.15, 0.2) is 176 Å². The molecule has 0 aliphatic heterocycles. The van der Waals surface area contributed by atoms with Crippen LogP contribution >= 0.6 is 11.3 Å². The smallest absolute Gasteiger partial charge is 0.165 e. The fourth-order valence-corrected chi connectivity index (χ4v) is 7.76. The number of rotatable bonds is 6. The van der Waals surface area contributed by atoms with Gasteiger partial charge < -0.3 is 0 Å². The van der Waals surface area contributed by atoms with Crippen molar-refractivity contribution in [3.63, 3.8) is 0 Å². The molecule has 0 radical (unpaired) electrons. The molecule has 2 heterocycles. The molecule has 0 fully saturated rings. The normalized spacial score (nSPS) is 11.3. The number of benzene rings is 7. The first-order valence-corrected chi connectivity index (χ1v) is 17.2. The van der Waals surface area contributed by atoms with E-state index < -0.39 is 0 Å². The van der Waals surface area contributed by atoms with Crippen molar-refractivity contribution >= 4 is 31.5 Å². The Kier molecular flexibility index (Phi) is 7.34. The maximum Gasteiger partial charge on any atom is 0.165 e. The maximum absolute atomic E-state index is 5.11. The van der Waals surface area contributed by atoms with Gasteiger partial charge in [-0.15, -0.1) is 11.3 Å². The van der Waals surface area contributed by atoms with Gasteiger partial charge in [0, 0.05) is 36.9 Å². The van der Waals surface area contributed by atoms with Crippen molar-refractivity contribution in [1.82, 2.24) is 15.0 Å². The molecule has 0 aliphatic rings. The number of hydrogen-bond donors (Lipinski definition) is 0. The Morgan fingerprint density at radius 2 is 0.796 bits per heavy atom. The number of aromatic nitrogens is 3. The molecule has 0 unspecified atom stereocenters. The minimum absolute atomic E-state index is 0.650. The Morgan fingerprint density at radius 3 is 1.55 bits per heavy atom. The van der Waals surface area contributed by atoms with Gasteiger partial charge in [0.1, 0.15) is 0 Å². The fraction of sp³-hybridized carbons (Fsp3) is 0. The Hall–Kier alpha value is -6.23. The molecule has 0 spiro atoms. The van der Waals surface area contributed by atoms with E-state index >= 15 is 0 Å².